The molecule has 2 aromatic carbocycles. The topological polar surface area (TPSA) is 85.9 Å². The van der Waals surface area contributed by atoms with Crippen LogP contribution in [0.4, 0.5) is 11.4 Å². The van der Waals surface area contributed by atoms with Crippen molar-refractivity contribution in [2.75, 3.05) is 31.0 Å². The molecule has 136 valence electrons. The summed E-state index contributed by atoms with van der Waals surface area (Å²) >= 11 is 6.01. The molecule has 3 rings (SSSR count). The van der Waals surface area contributed by atoms with Crippen molar-refractivity contribution in [3.05, 3.63) is 41.4 Å². The van der Waals surface area contributed by atoms with E-state index in [0.29, 0.717) is 46.9 Å². The summed E-state index contributed by atoms with van der Waals surface area (Å²) in [7, 11) is 1.50. The molecule has 0 saturated heterocycles. The monoisotopic (exact) mass is 376 g/mol. The molecule has 0 atom stereocenters. The largest absolute Gasteiger partial charge is 0.495 e. The number of ether oxygens (including phenoxy) is 3. The SMILES string of the molecule is COc1ccc(NC(=O)CC(=O)Nc2ccc3c(c2)OCCO3)cc1Cl. The molecule has 26 heavy (non-hydrogen) atoms. The number of amides is 2. The molecule has 2 aromatic rings. The summed E-state index contributed by atoms with van der Waals surface area (Å²) in [6.45, 7) is 0.950. The molecule has 0 fully saturated rings. The van der Waals surface area contributed by atoms with E-state index in [1.165, 1.54) is 7.11 Å². The van der Waals surface area contributed by atoms with Gasteiger partial charge in [0.25, 0.3) is 0 Å². The Morgan fingerprint density at radius 3 is 2.27 bits per heavy atom. The average Bonchev–Trinajstić information content (AvgIpc) is 2.61. The lowest BCUT2D eigenvalue weighted by molar-refractivity contribution is -0.123. The van der Waals surface area contributed by atoms with Gasteiger partial charge in [0, 0.05) is 17.4 Å². The van der Waals surface area contributed by atoms with Crippen LogP contribution in [0.5, 0.6) is 17.2 Å². The molecule has 1 heterocycles. The Morgan fingerprint density at radius 2 is 1.62 bits per heavy atom. The van der Waals surface area contributed by atoms with Gasteiger partial charge >= 0.3 is 0 Å². The van der Waals surface area contributed by atoms with Crippen molar-refractivity contribution in [3.8, 4) is 17.2 Å². The van der Waals surface area contributed by atoms with E-state index in [2.05, 4.69) is 10.6 Å². The number of halogens is 1. The maximum atomic E-state index is 12.1. The molecule has 0 unspecified atom stereocenters. The third-order valence-corrected chi connectivity index (χ3v) is 3.88. The lowest BCUT2D eigenvalue weighted by Gasteiger charge is -2.19. The predicted octanol–water partition coefficient (Wildman–Crippen LogP) is 3.09. The minimum Gasteiger partial charge on any atom is -0.495 e. The summed E-state index contributed by atoms with van der Waals surface area (Å²) in [5, 5.41) is 5.64. The lowest BCUT2D eigenvalue weighted by atomic mass is 10.2. The standard InChI is InChI=1S/C18H17ClN2O5/c1-24-14-4-2-11(8-13(14)19)20-17(22)10-18(23)21-12-3-5-15-16(9-12)26-7-6-25-15/h2-5,8-9H,6-7,10H2,1H3,(H,20,22)(H,21,23). The Morgan fingerprint density at radius 1 is 1.00 bits per heavy atom. The number of rotatable bonds is 5. The molecule has 0 saturated carbocycles. The summed E-state index contributed by atoms with van der Waals surface area (Å²) in [5.74, 6) is 0.788. The maximum absolute atomic E-state index is 12.1. The zero-order valence-corrected chi connectivity index (χ0v) is 14.8. The van der Waals surface area contributed by atoms with Gasteiger partial charge in [-0.3, -0.25) is 9.59 Å². The summed E-state index contributed by atoms with van der Waals surface area (Å²) in [6.07, 6.45) is -0.335. The van der Waals surface area contributed by atoms with Gasteiger partial charge < -0.3 is 24.8 Å². The number of hydrogen-bond donors (Lipinski definition) is 2. The van der Waals surface area contributed by atoms with Crippen molar-refractivity contribution in [1.82, 2.24) is 0 Å². The predicted molar refractivity (Wildman–Crippen MR) is 97.3 cm³/mol. The number of carbonyl (C=O) groups is 2. The van der Waals surface area contributed by atoms with Crippen LogP contribution in [0.15, 0.2) is 36.4 Å². The fraction of sp³-hybridized carbons (Fsp3) is 0.222. The fourth-order valence-corrected chi connectivity index (χ4v) is 2.68. The summed E-state index contributed by atoms with van der Waals surface area (Å²) in [4.78, 5) is 24.1. The summed E-state index contributed by atoms with van der Waals surface area (Å²) < 4.78 is 15.9. The van der Waals surface area contributed by atoms with Gasteiger partial charge in [-0.25, -0.2) is 0 Å². The van der Waals surface area contributed by atoms with E-state index in [1.54, 1.807) is 36.4 Å². The van der Waals surface area contributed by atoms with Crippen LogP contribution in [0.3, 0.4) is 0 Å². The second-order valence-electron chi connectivity index (χ2n) is 5.48. The first-order valence-corrected chi connectivity index (χ1v) is 8.26. The molecule has 0 radical (unpaired) electrons. The van der Waals surface area contributed by atoms with Gasteiger partial charge in [0.05, 0.1) is 12.1 Å². The van der Waals surface area contributed by atoms with E-state index in [1.807, 2.05) is 0 Å². The van der Waals surface area contributed by atoms with E-state index < -0.39 is 11.8 Å². The molecule has 2 N–H and O–H groups in total. The molecule has 1 aliphatic heterocycles. The van der Waals surface area contributed by atoms with Gasteiger partial charge in [0.15, 0.2) is 11.5 Å². The van der Waals surface area contributed by atoms with Crippen LogP contribution in [0.25, 0.3) is 0 Å². The number of fused-ring (bicyclic) bond motifs is 1. The van der Waals surface area contributed by atoms with Gasteiger partial charge in [-0.05, 0) is 30.3 Å². The van der Waals surface area contributed by atoms with E-state index in [4.69, 9.17) is 25.8 Å². The molecule has 2 amide bonds. The van der Waals surface area contributed by atoms with Crippen LogP contribution in [-0.4, -0.2) is 32.1 Å². The number of hydrogen-bond acceptors (Lipinski definition) is 5. The van der Waals surface area contributed by atoms with Crippen LogP contribution >= 0.6 is 11.6 Å². The molecular weight excluding hydrogens is 360 g/mol. The lowest BCUT2D eigenvalue weighted by Crippen LogP contribution is -2.21. The highest BCUT2D eigenvalue weighted by Gasteiger charge is 2.15. The second-order valence-corrected chi connectivity index (χ2v) is 5.89. The van der Waals surface area contributed by atoms with Crippen molar-refractivity contribution in [1.29, 1.82) is 0 Å². The minimum absolute atomic E-state index is 0.335. The molecule has 0 aliphatic carbocycles. The average molecular weight is 377 g/mol. The third-order valence-electron chi connectivity index (χ3n) is 3.58. The second kappa shape index (κ2) is 7.97. The Bertz CT molecular complexity index is 840. The number of anilines is 2. The van der Waals surface area contributed by atoms with E-state index >= 15 is 0 Å². The fourth-order valence-electron chi connectivity index (χ4n) is 2.42. The molecule has 0 spiro atoms. The van der Waals surface area contributed by atoms with Gasteiger partial charge in [-0.15, -0.1) is 0 Å². The Hall–Kier alpha value is -2.93. The first-order valence-electron chi connectivity index (χ1n) is 7.88. The highest BCUT2D eigenvalue weighted by atomic mass is 35.5. The van der Waals surface area contributed by atoms with Crippen molar-refractivity contribution >= 4 is 34.8 Å². The van der Waals surface area contributed by atoms with Crippen molar-refractivity contribution < 1.29 is 23.8 Å². The zero-order valence-electron chi connectivity index (χ0n) is 14.0. The number of benzene rings is 2. The Labute approximate surface area is 155 Å². The normalized spacial score (nSPS) is 12.2. The first kappa shape index (κ1) is 17.9. The van der Waals surface area contributed by atoms with Gasteiger partial charge in [0.2, 0.25) is 11.8 Å². The van der Waals surface area contributed by atoms with Crippen LogP contribution in [-0.2, 0) is 9.59 Å². The van der Waals surface area contributed by atoms with Gasteiger partial charge in [0.1, 0.15) is 25.4 Å². The van der Waals surface area contributed by atoms with E-state index in [-0.39, 0.29) is 6.42 Å². The molecule has 1 aliphatic rings. The quantitative estimate of drug-likeness (QED) is 0.783. The molecule has 0 aromatic heterocycles. The molecule has 8 heteroatoms. The highest BCUT2D eigenvalue weighted by Crippen LogP contribution is 2.32. The van der Waals surface area contributed by atoms with Gasteiger partial charge in [-0.2, -0.15) is 0 Å². The van der Waals surface area contributed by atoms with Crippen LogP contribution in [0.1, 0.15) is 6.42 Å². The van der Waals surface area contributed by atoms with Gasteiger partial charge in [-0.1, -0.05) is 11.6 Å². The van der Waals surface area contributed by atoms with E-state index in [9.17, 15) is 9.59 Å². The third kappa shape index (κ3) is 4.37. The van der Waals surface area contributed by atoms with Crippen LogP contribution in [0, 0.1) is 0 Å². The maximum Gasteiger partial charge on any atom is 0.233 e. The Balaban J connectivity index is 1.56. The molecule has 7 nitrogen and oxygen atoms in total. The van der Waals surface area contributed by atoms with Crippen molar-refractivity contribution in [2.24, 2.45) is 0 Å². The number of nitrogens with one attached hydrogen (secondary N) is 2. The van der Waals surface area contributed by atoms with Crippen molar-refractivity contribution in [3.63, 3.8) is 0 Å². The highest BCUT2D eigenvalue weighted by molar-refractivity contribution is 6.32. The van der Waals surface area contributed by atoms with Crippen LogP contribution in [0.2, 0.25) is 5.02 Å². The number of methoxy groups -OCH3 is 1. The molecular formula is C18H17ClN2O5. The summed E-state index contributed by atoms with van der Waals surface area (Å²) in [5.41, 5.74) is 1.01. The summed E-state index contributed by atoms with van der Waals surface area (Å²) in [6, 6.07) is 9.88. The molecule has 0 bridgehead atoms. The number of carbonyl (C=O) groups excluding carboxylic acids is 2. The Kier molecular flexibility index (Phi) is 5.48. The van der Waals surface area contributed by atoms with Crippen LogP contribution < -0.4 is 24.8 Å². The zero-order chi connectivity index (χ0) is 18.5. The van der Waals surface area contributed by atoms with Crippen molar-refractivity contribution in [2.45, 2.75) is 6.42 Å². The smallest absolute Gasteiger partial charge is 0.233 e. The first-order chi connectivity index (χ1) is 12.5. The van der Waals surface area contributed by atoms with E-state index in [0.717, 1.165) is 0 Å². The minimum atomic E-state index is -0.457.